The first-order valence-electron chi connectivity index (χ1n) is 3.89. The summed E-state index contributed by atoms with van der Waals surface area (Å²) in [4.78, 5) is 12.8. The Morgan fingerprint density at radius 2 is 2.00 bits per heavy atom. The maximum Gasteiger partial charge on any atom is 0.251 e. The van der Waals surface area contributed by atoms with E-state index in [4.69, 9.17) is 5.11 Å². The number of likely N-dealkylation sites (tertiary alicyclic amines) is 1. The van der Waals surface area contributed by atoms with Gasteiger partial charge in [0.15, 0.2) is 0 Å². The van der Waals surface area contributed by atoms with Crippen LogP contribution in [0, 0.1) is 5.41 Å². The molecule has 1 fully saturated rings. The molecule has 0 aromatic rings. The molecule has 0 aromatic heterocycles. The van der Waals surface area contributed by atoms with Crippen molar-refractivity contribution in [2.24, 2.45) is 5.41 Å². The zero-order valence-corrected chi connectivity index (χ0v) is 7.29. The number of hydrogen-bond donors (Lipinski definition) is 1. The summed E-state index contributed by atoms with van der Waals surface area (Å²) in [7, 11) is 0. The minimum Gasteiger partial charge on any atom is -0.384 e. The lowest BCUT2D eigenvalue weighted by Crippen LogP contribution is -2.57. The van der Waals surface area contributed by atoms with E-state index in [0.29, 0.717) is 0 Å². The topological polar surface area (TPSA) is 40.5 Å². The highest BCUT2D eigenvalue weighted by atomic mass is 16.3. The molecule has 1 rings (SSSR count). The molecule has 3 nitrogen and oxygen atoms in total. The van der Waals surface area contributed by atoms with E-state index in [9.17, 15) is 4.79 Å². The fourth-order valence-electron chi connectivity index (χ4n) is 1.41. The second kappa shape index (κ2) is 2.48. The van der Waals surface area contributed by atoms with Crippen LogP contribution < -0.4 is 0 Å². The SMILES string of the molecule is C[C@@H](O)C(=O)N1CC(C)(C)C1. The van der Waals surface area contributed by atoms with E-state index in [0.717, 1.165) is 13.1 Å². The van der Waals surface area contributed by atoms with Gasteiger partial charge >= 0.3 is 0 Å². The molecule has 1 aliphatic heterocycles. The Hall–Kier alpha value is -0.570. The van der Waals surface area contributed by atoms with E-state index in [2.05, 4.69) is 13.8 Å². The highest BCUT2D eigenvalue weighted by molar-refractivity contribution is 5.81. The number of hydrogen-bond acceptors (Lipinski definition) is 2. The molecular weight excluding hydrogens is 142 g/mol. The lowest BCUT2D eigenvalue weighted by Gasteiger charge is -2.46. The largest absolute Gasteiger partial charge is 0.384 e. The van der Waals surface area contributed by atoms with Crippen molar-refractivity contribution in [2.75, 3.05) is 13.1 Å². The van der Waals surface area contributed by atoms with Gasteiger partial charge in [0, 0.05) is 13.1 Å². The summed E-state index contributed by atoms with van der Waals surface area (Å²) in [5, 5.41) is 8.94. The van der Waals surface area contributed by atoms with E-state index in [-0.39, 0.29) is 11.3 Å². The van der Waals surface area contributed by atoms with Gasteiger partial charge in [-0.1, -0.05) is 13.8 Å². The first-order chi connectivity index (χ1) is 4.92. The molecule has 1 atom stereocenters. The monoisotopic (exact) mass is 157 g/mol. The van der Waals surface area contributed by atoms with Gasteiger partial charge in [-0.2, -0.15) is 0 Å². The van der Waals surface area contributed by atoms with Gasteiger partial charge in [-0.25, -0.2) is 0 Å². The van der Waals surface area contributed by atoms with Crippen LogP contribution in [0.4, 0.5) is 0 Å². The van der Waals surface area contributed by atoms with Crippen molar-refractivity contribution in [1.82, 2.24) is 4.90 Å². The van der Waals surface area contributed by atoms with E-state index < -0.39 is 6.10 Å². The summed E-state index contributed by atoms with van der Waals surface area (Å²) in [6.45, 7) is 7.28. The van der Waals surface area contributed by atoms with Gasteiger partial charge in [0.2, 0.25) is 0 Å². The average Bonchev–Trinajstić information content (AvgIpc) is 1.80. The van der Waals surface area contributed by atoms with E-state index in [1.165, 1.54) is 6.92 Å². The maximum absolute atomic E-state index is 11.1. The van der Waals surface area contributed by atoms with Crippen molar-refractivity contribution in [2.45, 2.75) is 26.9 Å². The summed E-state index contributed by atoms with van der Waals surface area (Å²) >= 11 is 0. The molecule has 1 heterocycles. The van der Waals surface area contributed by atoms with Crippen LogP contribution in [-0.4, -0.2) is 35.1 Å². The molecule has 1 N–H and O–H groups in total. The molecule has 0 aromatic carbocycles. The van der Waals surface area contributed by atoms with Crippen molar-refractivity contribution >= 4 is 5.91 Å². The molecule has 0 bridgehead atoms. The average molecular weight is 157 g/mol. The number of nitrogens with zero attached hydrogens (tertiary/aromatic N) is 1. The van der Waals surface area contributed by atoms with Crippen LogP contribution in [0.5, 0.6) is 0 Å². The number of amides is 1. The third-order valence-corrected chi connectivity index (χ3v) is 1.91. The molecular formula is C8H15NO2. The first kappa shape index (κ1) is 8.53. The van der Waals surface area contributed by atoms with Crippen molar-refractivity contribution < 1.29 is 9.90 Å². The number of carbonyl (C=O) groups excluding carboxylic acids is 1. The van der Waals surface area contributed by atoms with Crippen LogP contribution in [0.15, 0.2) is 0 Å². The summed E-state index contributed by atoms with van der Waals surface area (Å²) in [6, 6.07) is 0. The lowest BCUT2D eigenvalue weighted by atomic mass is 9.84. The third kappa shape index (κ3) is 1.71. The molecule has 1 aliphatic rings. The number of carbonyl (C=O) groups is 1. The first-order valence-corrected chi connectivity index (χ1v) is 3.89. The molecule has 3 heteroatoms. The second-order valence-corrected chi connectivity index (χ2v) is 4.03. The van der Waals surface area contributed by atoms with E-state index >= 15 is 0 Å². The minimum atomic E-state index is -0.842. The maximum atomic E-state index is 11.1. The zero-order valence-electron chi connectivity index (χ0n) is 7.29. The highest BCUT2D eigenvalue weighted by Gasteiger charge is 2.38. The molecule has 11 heavy (non-hydrogen) atoms. The predicted octanol–water partition coefficient (Wildman–Crippen LogP) is 0.236. The Labute approximate surface area is 67.0 Å². The van der Waals surface area contributed by atoms with Crippen LogP contribution in [-0.2, 0) is 4.79 Å². The number of rotatable bonds is 1. The Kier molecular flexibility index (Phi) is 1.92. The summed E-state index contributed by atoms with van der Waals surface area (Å²) in [6.07, 6.45) is -0.842. The van der Waals surface area contributed by atoms with Gasteiger partial charge in [-0.3, -0.25) is 4.79 Å². The van der Waals surface area contributed by atoms with Crippen molar-refractivity contribution in [1.29, 1.82) is 0 Å². The summed E-state index contributed by atoms with van der Waals surface area (Å²) in [5.74, 6) is -0.149. The summed E-state index contributed by atoms with van der Waals surface area (Å²) in [5.41, 5.74) is 0.255. The quantitative estimate of drug-likeness (QED) is 0.592. The minimum absolute atomic E-state index is 0.149. The Balaban J connectivity index is 2.38. The fourth-order valence-corrected chi connectivity index (χ4v) is 1.41. The molecule has 0 radical (unpaired) electrons. The molecule has 0 unspecified atom stereocenters. The van der Waals surface area contributed by atoms with Gasteiger partial charge in [0.1, 0.15) is 6.10 Å². The Morgan fingerprint density at radius 3 is 2.27 bits per heavy atom. The standard InChI is InChI=1S/C8H15NO2/c1-6(10)7(11)9-4-8(2,3)5-9/h6,10H,4-5H2,1-3H3/t6-/m1/s1. The van der Waals surface area contributed by atoms with Crippen LogP contribution >= 0.6 is 0 Å². The zero-order chi connectivity index (χ0) is 8.65. The van der Waals surface area contributed by atoms with Crippen LogP contribution in [0.3, 0.4) is 0 Å². The smallest absolute Gasteiger partial charge is 0.251 e. The molecule has 0 saturated carbocycles. The van der Waals surface area contributed by atoms with Crippen molar-refractivity contribution in [3.05, 3.63) is 0 Å². The lowest BCUT2D eigenvalue weighted by molar-refractivity contribution is -0.149. The Morgan fingerprint density at radius 1 is 1.55 bits per heavy atom. The van der Waals surface area contributed by atoms with Crippen molar-refractivity contribution in [3.63, 3.8) is 0 Å². The molecule has 0 spiro atoms. The molecule has 1 saturated heterocycles. The molecule has 64 valence electrons. The van der Waals surface area contributed by atoms with Gasteiger partial charge in [-0.15, -0.1) is 0 Å². The normalized spacial score (nSPS) is 24.2. The van der Waals surface area contributed by atoms with Gasteiger partial charge in [0.25, 0.3) is 5.91 Å². The van der Waals surface area contributed by atoms with Gasteiger partial charge in [0.05, 0.1) is 0 Å². The van der Waals surface area contributed by atoms with Crippen LogP contribution in [0.2, 0.25) is 0 Å². The van der Waals surface area contributed by atoms with Crippen LogP contribution in [0.25, 0.3) is 0 Å². The van der Waals surface area contributed by atoms with Crippen LogP contribution in [0.1, 0.15) is 20.8 Å². The van der Waals surface area contributed by atoms with Gasteiger partial charge < -0.3 is 10.0 Å². The predicted molar refractivity (Wildman–Crippen MR) is 42.0 cm³/mol. The number of aliphatic hydroxyl groups is 1. The molecule has 1 amide bonds. The van der Waals surface area contributed by atoms with Gasteiger partial charge in [-0.05, 0) is 12.3 Å². The summed E-state index contributed by atoms with van der Waals surface area (Å²) < 4.78 is 0. The van der Waals surface area contributed by atoms with Crippen molar-refractivity contribution in [3.8, 4) is 0 Å². The number of aliphatic hydroxyl groups excluding tert-OH is 1. The van der Waals surface area contributed by atoms with E-state index in [1.54, 1.807) is 4.90 Å². The highest BCUT2D eigenvalue weighted by Crippen LogP contribution is 2.28. The third-order valence-electron chi connectivity index (χ3n) is 1.91. The second-order valence-electron chi connectivity index (χ2n) is 4.03. The Bertz CT molecular complexity index is 167. The van der Waals surface area contributed by atoms with E-state index in [1.807, 2.05) is 0 Å². The fraction of sp³-hybridized carbons (Fsp3) is 0.875. The molecule has 0 aliphatic carbocycles.